The predicted molar refractivity (Wildman–Crippen MR) is 68.6 cm³/mol. The number of ether oxygens (including phenoxy) is 2. The Bertz CT molecular complexity index is 584. The molecular weight excluding hydrogens is 282 g/mol. The van der Waals surface area contributed by atoms with Gasteiger partial charge in [0.2, 0.25) is 0 Å². The molecular formula is C13H13NO7. The second-order valence-electron chi connectivity index (χ2n) is 4.29. The van der Waals surface area contributed by atoms with Gasteiger partial charge in [-0.15, -0.1) is 0 Å². The van der Waals surface area contributed by atoms with Gasteiger partial charge in [0.25, 0.3) is 5.91 Å². The summed E-state index contributed by atoms with van der Waals surface area (Å²) in [5, 5.41) is 19.7. The van der Waals surface area contributed by atoms with Crippen molar-refractivity contribution in [2.75, 3.05) is 13.2 Å². The number of carboxylic acid groups (broad SMARTS) is 2. The lowest BCUT2D eigenvalue weighted by molar-refractivity contribution is -0.145. The fourth-order valence-corrected chi connectivity index (χ4v) is 1.86. The third kappa shape index (κ3) is 3.41. The number of para-hydroxylation sites is 1. The van der Waals surface area contributed by atoms with Gasteiger partial charge in [-0.2, -0.15) is 0 Å². The zero-order chi connectivity index (χ0) is 15.4. The zero-order valence-corrected chi connectivity index (χ0v) is 10.9. The van der Waals surface area contributed by atoms with E-state index in [1.807, 2.05) is 0 Å². The molecule has 21 heavy (non-hydrogen) atoms. The lowest BCUT2D eigenvalue weighted by Gasteiger charge is -2.21. The summed E-state index contributed by atoms with van der Waals surface area (Å²) in [7, 11) is 0. The molecule has 1 aliphatic heterocycles. The first-order chi connectivity index (χ1) is 9.99. The van der Waals surface area contributed by atoms with E-state index in [1.165, 1.54) is 6.07 Å². The maximum atomic E-state index is 12.1. The molecule has 8 heteroatoms. The van der Waals surface area contributed by atoms with Gasteiger partial charge in [-0.05, 0) is 12.1 Å². The largest absolute Gasteiger partial charge is 0.486 e. The molecule has 2 rings (SSSR count). The minimum absolute atomic E-state index is 0.101. The van der Waals surface area contributed by atoms with E-state index in [0.717, 1.165) is 0 Å². The first-order valence-corrected chi connectivity index (χ1v) is 6.13. The number of hydrogen-bond donors (Lipinski definition) is 3. The highest BCUT2D eigenvalue weighted by molar-refractivity contribution is 6.00. The predicted octanol–water partition coefficient (Wildman–Crippen LogP) is 0.115. The van der Waals surface area contributed by atoms with Crippen LogP contribution in [0.3, 0.4) is 0 Å². The summed E-state index contributed by atoms with van der Waals surface area (Å²) in [5.41, 5.74) is 0.101. The lowest BCUT2D eigenvalue weighted by Crippen LogP contribution is -2.42. The number of benzene rings is 1. The van der Waals surface area contributed by atoms with Gasteiger partial charge in [-0.25, -0.2) is 4.79 Å². The summed E-state index contributed by atoms with van der Waals surface area (Å²) >= 11 is 0. The number of carbonyl (C=O) groups is 3. The number of rotatable bonds is 5. The van der Waals surface area contributed by atoms with Crippen molar-refractivity contribution in [2.45, 2.75) is 12.5 Å². The molecule has 0 bridgehead atoms. The molecule has 1 aromatic carbocycles. The van der Waals surface area contributed by atoms with Crippen LogP contribution in [0.15, 0.2) is 18.2 Å². The van der Waals surface area contributed by atoms with Crippen LogP contribution < -0.4 is 14.8 Å². The molecule has 0 saturated heterocycles. The summed E-state index contributed by atoms with van der Waals surface area (Å²) in [6.07, 6.45) is -0.715. The molecule has 1 aliphatic rings. The van der Waals surface area contributed by atoms with Crippen molar-refractivity contribution in [3.63, 3.8) is 0 Å². The zero-order valence-electron chi connectivity index (χ0n) is 10.9. The Kier molecular flexibility index (Phi) is 4.27. The molecule has 0 unspecified atom stereocenters. The van der Waals surface area contributed by atoms with Crippen molar-refractivity contribution in [1.29, 1.82) is 0 Å². The third-order valence-corrected chi connectivity index (χ3v) is 2.79. The van der Waals surface area contributed by atoms with Crippen molar-refractivity contribution < 1.29 is 34.1 Å². The van der Waals surface area contributed by atoms with Crippen molar-refractivity contribution in [2.24, 2.45) is 0 Å². The maximum Gasteiger partial charge on any atom is 0.326 e. The van der Waals surface area contributed by atoms with Crippen LogP contribution in [0.25, 0.3) is 0 Å². The van der Waals surface area contributed by atoms with E-state index in [0.29, 0.717) is 12.4 Å². The van der Waals surface area contributed by atoms with E-state index in [9.17, 15) is 14.4 Å². The highest BCUT2D eigenvalue weighted by atomic mass is 16.6. The molecule has 1 aromatic rings. The van der Waals surface area contributed by atoms with Crippen LogP contribution in [0.5, 0.6) is 11.5 Å². The Balaban J connectivity index is 2.20. The van der Waals surface area contributed by atoms with E-state index in [1.54, 1.807) is 12.1 Å². The van der Waals surface area contributed by atoms with E-state index < -0.39 is 30.3 Å². The summed E-state index contributed by atoms with van der Waals surface area (Å²) < 4.78 is 10.7. The minimum Gasteiger partial charge on any atom is -0.486 e. The number of carbonyl (C=O) groups excluding carboxylic acids is 1. The van der Waals surface area contributed by atoms with Crippen LogP contribution in [0, 0.1) is 0 Å². The Morgan fingerprint density at radius 3 is 2.57 bits per heavy atom. The molecule has 0 spiro atoms. The highest BCUT2D eigenvalue weighted by Gasteiger charge is 2.26. The molecule has 3 N–H and O–H groups in total. The maximum absolute atomic E-state index is 12.1. The van der Waals surface area contributed by atoms with Crippen LogP contribution in [0.1, 0.15) is 16.8 Å². The standard InChI is InChI=1S/C13H13NO7/c15-10(16)6-8(13(18)19)14-12(17)7-2-1-3-9-11(7)21-5-4-20-9/h1-3,8H,4-6H2,(H,14,17)(H,15,16)(H,18,19)/t8-/m0/s1. The summed E-state index contributed by atoms with van der Waals surface area (Å²) in [6.45, 7) is 0.629. The first kappa shape index (κ1) is 14.6. The van der Waals surface area contributed by atoms with Crippen molar-refractivity contribution in [1.82, 2.24) is 5.32 Å². The summed E-state index contributed by atoms with van der Waals surface area (Å²) in [5.74, 6) is -2.86. The fraction of sp³-hybridized carbons (Fsp3) is 0.308. The molecule has 0 saturated carbocycles. The quantitative estimate of drug-likeness (QED) is 0.705. The van der Waals surface area contributed by atoms with Gasteiger partial charge < -0.3 is 25.0 Å². The number of aliphatic carboxylic acids is 2. The summed E-state index contributed by atoms with van der Waals surface area (Å²) in [6, 6.07) is 3.12. The Morgan fingerprint density at radius 2 is 1.90 bits per heavy atom. The van der Waals surface area contributed by atoms with Gasteiger partial charge in [0.1, 0.15) is 19.3 Å². The topological polar surface area (TPSA) is 122 Å². The molecule has 112 valence electrons. The second kappa shape index (κ2) is 6.12. The molecule has 1 amide bonds. The fourth-order valence-electron chi connectivity index (χ4n) is 1.86. The minimum atomic E-state index is -1.52. The average Bonchev–Trinajstić information content (AvgIpc) is 2.45. The monoisotopic (exact) mass is 295 g/mol. The SMILES string of the molecule is O=C(O)C[C@H](NC(=O)c1cccc2c1OCCO2)C(=O)O. The molecule has 0 radical (unpaired) electrons. The van der Waals surface area contributed by atoms with Gasteiger partial charge in [0, 0.05) is 0 Å². The Morgan fingerprint density at radius 1 is 1.19 bits per heavy atom. The van der Waals surface area contributed by atoms with Gasteiger partial charge in [-0.1, -0.05) is 6.07 Å². The molecule has 8 nitrogen and oxygen atoms in total. The van der Waals surface area contributed by atoms with E-state index in [4.69, 9.17) is 19.7 Å². The van der Waals surface area contributed by atoms with Crippen molar-refractivity contribution >= 4 is 17.8 Å². The van der Waals surface area contributed by atoms with E-state index in [-0.39, 0.29) is 17.9 Å². The highest BCUT2D eigenvalue weighted by Crippen LogP contribution is 2.33. The molecule has 0 fully saturated rings. The second-order valence-corrected chi connectivity index (χ2v) is 4.29. The number of amides is 1. The average molecular weight is 295 g/mol. The van der Waals surface area contributed by atoms with E-state index in [2.05, 4.69) is 5.32 Å². The smallest absolute Gasteiger partial charge is 0.326 e. The van der Waals surface area contributed by atoms with Crippen LogP contribution in [0.2, 0.25) is 0 Å². The van der Waals surface area contributed by atoms with Gasteiger partial charge in [-0.3, -0.25) is 9.59 Å². The van der Waals surface area contributed by atoms with Gasteiger partial charge in [0.05, 0.1) is 12.0 Å². The molecule has 0 aromatic heterocycles. The molecule has 1 atom stereocenters. The first-order valence-electron chi connectivity index (χ1n) is 6.13. The number of fused-ring (bicyclic) bond motifs is 1. The normalized spacial score (nSPS) is 14.1. The van der Waals surface area contributed by atoms with Crippen LogP contribution >= 0.6 is 0 Å². The number of nitrogens with one attached hydrogen (secondary N) is 1. The van der Waals surface area contributed by atoms with Crippen LogP contribution in [0.4, 0.5) is 0 Å². The van der Waals surface area contributed by atoms with Crippen molar-refractivity contribution in [3.8, 4) is 11.5 Å². The lowest BCUT2D eigenvalue weighted by atomic mass is 10.1. The summed E-state index contributed by atoms with van der Waals surface area (Å²) in [4.78, 5) is 33.7. The molecule has 1 heterocycles. The molecule has 0 aliphatic carbocycles. The number of hydrogen-bond acceptors (Lipinski definition) is 5. The Labute approximate surface area is 119 Å². The Hall–Kier alpha value is -2.77. The van der Waals surface area contributed by atoms with Crippen molar-refractivity contribution in [3.05, 3.63) is 23.8 Å². The van der Waals surface area contributed by atoms with E-state index >= 15 is 0 Å². The van der Waals surface area contributed by atoms with Crippen LogP contribution in [-0.2, 0) is 9.59 Å². The van der Waals surface area contributed by atoms with Crippen LogP contribution in [-0.4, -0.2) is 47.3 Å². The number of carboxylic acids is 2. The third-order valence-electron chi connectivity index (χ3n) is 2.79. The van der Waals surface area contributed by atoms with Gasteiger partial charge in [0.15, 0.2) is 11.5 Å². The van der Waals surface area contributed by atoms with Gasteiger partial charge >= 0.3 is 11.9 Å².